The molecule has 0 atom stereocenters. The van der Waals surface area contributed by atoms with Crippen LogP contribution in [0.2, 0.25) is 0 Å². The van der Waals surface area contributed by atoms with Crippen molar-refractivity contribution in [3.63, 3.8) is 0 Å². The van der Waals surface area contributed by atoms with Gasteiger partial charge in [-0.25, -0.2) is 0 Å². The van der Waals surface area contributed by atoms with Crippen LogP contribution in [0, 0.1) is 0 Å². The largest absolute Gasteiger partial charge is 0.468 e. The van der Waals surface area contributed by atoms with Crippen LogP contribution in [-0.2, 0) is 17.6 Å². The third-order valence-electron chi connectivity index (χ3n) is 3.52. The van der Waals surface area contributed by atoms with Gasteiger partial charge in [0.1, 0.15) is 5.75 Å². The third kappa shape index (κ3) is 6.29. The summed E-state index contributed by atoms with van der Waals surface area (Å²) in [6, 6.07) is 18.8. The first-order valence-corrected chi connectivity index (χ1v) is 7.84. The van der Waals surface area contributed by atoms with E-state index < -0.39 is 0 Å². The molecule has 0 aliphatic heterocycles. The summed E-state index contributed by atoms with van der Waals surface area (Å²) in [5, 5.41) is 3.50. The van der Waals surface area contributed by atoms with Crippen LogP contribution < -0.4 is 10.1 Å². The van der Waals surface area contributed by atoms with Crippen LogP contribution in [-0.4, -0.2) is 27.0 Å². The van der Waals surface area contributed by atoms with E-state index in [1.165, 1.54) is 11.1 Å². The maximum atomic E-state index is 5.38. The molecule has 0 aliphatic rings. The summed E-state index contributed by atoms with van der Waals surface area (Å²) >= 11 is 0. The molecule has 0 bridgehead atoms. The van der Waals surface area contributed by atoms with Crippen molar-refractivity contribution in [3.05, 3.63) is 65.7 Å². The Morgan fingerprint density at radius 1 is 0.818 bits per heavy atom. The smallest absolute Gasteiger partial charge is 0.188 e. The molecule has 0 heterocycles. The SMILES string of the molecule is COCOc1ccc(CCCNCCc2ccccc2)cc1. The van der Waals surface area contributed by atoms with Crippen LogP contribution in [0.1, 0.15) is 17.5 Å². The standard InChI is InChI=1S/C19H25NO2/c1-21-16-22-19-11-9-18(10-12-19)8-5-14-20-15-13-17-6-3-2-4-7-17/h2-4,6-7,9-12,20H,5,8,13-16H2,1H3. The molecule has 3 nitrogen and oxygen atoms in total. The van der Waals surface area contributed by atoms with Crippen molar-refractivity contribution in [1.29, 1.82) is 0 Å². The highest BCUT2D eigenvalue weighted by Gasteiger charge is 1.96. The summed E-state index contributed by atoms with van der Waals surface area (Å²) in [6.07, 6.45) is 3.32. The lowest BCUT2D eigenvalue weighted by Gasteiger charge is -2.07. The fraction of sp³-hybridized carbons (Fsp3) is 0.368. The molecular formula is C19H25NO2. The zero-order chi connectivity index (χ0) is 15.5. The Kier molecular flexibility index (Phi) is 7.50. The van der Waals surface area contributed by atoms with Gasteiger partial charge in [0.15, 0.2) is 6.79 Å². The highest BCUT2D eigenvalue weighted by atomic mass is 16.7. The fourth-order valence-electron chi connectivity index (χ4n) is 2.30. The molecular weight excluding hydrogens is 274 g/mol. The van der Waals surface area contributed by atoms with Gasteiger partial charge in [-0.2, -0.15) is 0 Å². The summed E-state index contributed by atoms with van der Waals surface area (Å²) in [6.45, 7) is 2.38. The Morgan fingerprint density at radius 3 is 2.27 bits per heavy atom. The van der Waals surface area contributed by atoms with Gasteiger partial charge in [0.05, 0.1) is 0 Å². The second kappa shape index (κ2) is 9.98. The lowest BCUT2D eigenvalue weighted by Crippen LogP contribution is -2.18. The molecule has 0 fully saturated rings. The van der Waals surface area contributed by atoms with E-state index in [1.54, 1.807) is 7.11 Å². The quantitative estimate of drug-likeness (QED) is 0.538. The highest BCUT2D eigenvalue weighted by molar-refractivity contribution is 5.27. The van der Waals surface area contributed by atoms with Crippen molar-refractivity contribution >= 4 is 0 Å². The van der Waals surface area contributed by atoms with Crippen molar-refractivity contribution in [3.8, 4) is 5.75 Å². The van der Waals surface area contributed by atoms with Gasteiger partial charge in [0, 0.05) is 7.11 Å². The molecule has 22 heavy (non-hydrogen) atoms. The Labute approximate surface area is 133 Å². The molecule has 0 aromatic heterocycles. The third-order valence-corrected chi connectivity index (χ3v) is 3.52. The first-order valence-electron chi connectivity index (χ1n) is 7.84. The van der Waals surface area contributed by atoms with E-state index in [4.69, 9.17) is 9.47 Å². The number of nitrogens with one attached hydrogen (secondary N) is 1. The summed E-state index contributed by atoms with van der Waals surface area (Å²) in [7, 11) is 1.62. The molecule has 3 heteroatoms. The van der Waals surface area contributed by atoms with Gasteiger partial charge in [-0.15, -0.1) is 0 Å². The number of rotatable bonds is 10. The number of ether oxygens (including phenoxy) is 2. The van der Waals surface area contributed by atoms with Crippen molar-refractivity contribution in [2.45, 2.75) is 19.3 Å². The first-order chi connectivity index (χ1) is 10.9. The molecule has 0 radical (unpaired) electrons. The monoisotopic (exact) mass is 299 g/mol. The minimum Gasteiger partial charge on any atom is -0.468 e. The second-order valence-corrected chi connectivity index (χ2v) is 5.28. The van der Waals surface area contributed by atoms with Crippen molar-refractivity contribution in [2.24, 2.45) is 0 Å². The predicted molar refractivity (Wildman–Crippen MR) is 90.3 cm³/mol. The van der Waals surface area contributed by atoms with Gasteiger partial charge in [-0.05, 0) is 55.6 Å². The Bertz CT molecular complexity index is 511. The van der Waals surface area contributed by atoms with Crippen LogP contribution in [0.5, 0.6) is 5.75 Å². The number of hydrogen-bond acceptors (Lipinski definition) is 3. The van der Waals surface area contributed by atoms with E-state index in [0.717, 1.165) is 38.1 Å². The molecule has 0 unspecified atom stereocenters. The number of methoxy groups -OCH3 is 1. The highest BCUT2D eigenvalue weighted by Crippen LogP contribution is 2.13. The molecule has 0 amide bonds. The Morgan fingerprint density at radius 2 is 1.55 bits per heavy atom. The summed E-state index contributed by atoms with van der Waals surface area (Å²) < 4.78 is 10.3. The lowest BCUT2D eigenvalue weighted by molar-refractivity contribution is 0.0511. The Balaban J connectivity index is 1.56. The zero-order valence-electron chi connectivity index (χ0n) is 13.3. The maximum absolute atomic E-state index is 5.38. The number of aryl methyl sites for hydroxylation is 1. The maximum Gasteiger partial charge on any atom is 0.188 e. The van der Waals surface area contributed by atoms with Gasteiger partial charge in [0.2, 0.25) is 0 Å². The molecule has 0 saturated carbocycles. The van der Waals surface area contributed by atoms with Crippen LogP contribution >= 0.6 is 0 Å². The van der Waals surface area contributed by atoms with Gasteiger partial charge in [0.25, 0.3) is 0 Å². The first kappa shape index (κ1) is 16.5. The minimum atomic E-state index is 0.296. The molecule has 0 saturated heterocycles. The van der Waals surface area contributed by atoms with E-state index in [9.17, 15) is 0 Å². The van der Waals surface area contributed by atoms with E-state index >= 15 is 0 Å². The summed E-state index contributed by atoms with van der Waals surface area (Å²) in [5.41, 5.74) is 2.73. The van der Waals surface area contributed by atoms with E-state index in [-0.39, 0.29) is 0 Å². The molecule has 1 N–H and O–H groups in total. The van der Waals surface area contributed by atoms with Gasteiger partial charge >= 0.3 is 0 Å². The number of benzene rings is 2. The lowest BCUT2D eigenvalue weighted by atomic mass is 10.1. The van der Waals surface area contributed by atoms with Crippen LogP contribution in [0.25, 0.3) is 0 Å². The topological polar surface area (TPSA) is 30.5 Å². The van der Waals surface area contributed by atoms with Crippen LogP contribution in [0.3, 0.4) is 0 Å². The summed E-state index contributed by atoms with van der Waals surface area (Å²) in [4.78, 5) is 0. The minimum absolute atomic E-state index is 0.296. The van der Waals surface area contributed by atoms with E-state index in [1.807, 2.05) is 12.1 Å². The molecule has 118 valence electrons. The average Bonchev–Trinajstić information content (AvgIpc) is 2.58. The van der Waals surface area contributed by atoms with Gasteiger partial charge in [-0.3, -0.25) is 0 Å². The molecule has 2 aromatic carbocycles. The van der Waals surface area contributed by atoms with Crippen LogP contribution in [0.4, 0.5) is 0 Å². The Hall–Kier alpha value is -1.84. The predicted octanol–water partition coefficient (Wildman–Crippen LogP) is 3.43. The average molecular weight is 299 g/mol. The van der Waals surface area contributed by atoms with Crippen LogP contribution in [0.15, 0.2) is 54.6 Å². The number of hydrogen-bond donors (Lipinski definition) is 1. The normalized spacial score (nSPS) is 10.6. The van der Waals surface area contributed by atoms with Gasteiger partial charge < -0.3 is 14.8 Å². The van der Waals surface area contributed by atoms with Crippen molar-refractivity contribution in [1.82, 2.24) is 5.32 Å². The fourth-order valence-corrected chi connectivity index (χ4v) is 2.30. The summed E-state index contributed by atoms with van der Waals surface area (Å²) in [5.74, 6) is 0.853. The van der Waals surface area contributed by atoms with E-state index in [2.05, 4.69) is 47.8 Å². The van der Waals surface area contributed by atoms with Crippen molar-refractivity contribution in [2.75, 3.05) is 27.0 Å². The van der Waals surface area contributed by atoms with Gasteiger partial charge in [-0.1, -0.05) is 42.5 Å². The van der Waals surface area contributed by atoms with Crippen molar-refractivity contribution < 1.29 is 9.47 Å². The molecule has 0 aliphatic carbocycles. The molecule has 2 rings (SSSR count). The molecule has 0 spiro atoms. The molecule has 2 aromatic rings. The van der Waals surface area contributed by atoms with E-state index in [0.29, 0.717) is 6.79 Å². The second-order valence-electron chi connectivity index (χ2n) is 5.28. The zero-order valence-corrected chi connectivity index (χ0v) is 13.3.